The monoisotopic (exact) mass is 541 g/mol. The number of hydrogen-bond acceptors (Lipinski definition) is 9. The third kappa shape index (κ3) is 6.39. The zero-order valence-electron chi connectivity index (χ0n) is 19.7. The molecule has 0 saturated carbocycles. The minimum Gasteiger partial charge on any atom is -0.494 e. The molecule has 0 bridgehead atoms. The molecule has 192 valence electrons. The van der Waals surface area contributed by atoms with E-state index in [9.17, 15) is 19.7 Å². The fraction of sp³-hybridized carbons (Fsp3) is 0.208. The molecule has 0 aliphatic carbocycles. The van der Waals surface area contributed by atoms with Crippen molar-refractivity contribution in [3.8, 4) is 5.75 Å². The zero-order chi connectivity index (χ0) is 26.4. The second-order valence-electron chi connectivity index (χ2n) is 7.81. The third-order valence-electron chi connectivity index (χ3n) is 5.47. The Morgan fingerprint density at radius 2 is 1.89 bits per heavy atom. The highest BCUT2D eigenvalue weighted by atomic mass is 32.1. The van der Waals surface area contributed by atoms with Gasteiger partial charge in [-0.25, -0.2) is 0 Å². The topological polar surface area (TPSA) is 135 Å². The van der Waals surface area contributed by atoms with Gasteiger partial charge in [-0.05, 0) is 47.9 Å². The SMILES string of the molecule is COc1cc(NC(=S)NC(=O)c2ccc(N3CCOCC3)c([N+](=O)[O-])c2)ccc1NC(=O)c1cccs1. The van der Waals surface area contributed by atoms with Crippen molar-refractivity contribution in [2.45, 2.75) is 0 Å². The molecule has 1 fully saturated rings. The Kier molecular flexibility index (Phi) is 8.28. The van der Waals surface area contributed by atoms with Crippen LogP contribution in [0, 0.1) is 10.1 Å². The molecule has 3 aromatic rings. The van der Waals surface area contributed by atoms with Crippen LogP contribution in [0.15, 0.2) is 53.9 Å². The summed E-state index contributed by atoms with van der Waals surface area (Å²) in [4.78, 5) is 38.7. The van der Waals surface area contributed by atoms with E-state index in [0.29, 0.717) is 54.0 Å². The van der Waals surface area contributed by atoms with Gasteiger partial charge in [-0.3, -0.25) is 25.0 Å². The molecule has 0 atom stereocenters. The fourth-order valence-electron chi connectivity index (χ4n) is 3.68. The van der Waals surface area contributed by atoms with Crippen molar-refractivity contribution in [3.05, 3.63) is 74.5 Å². The Bertz CT molecular complexity index is 1330. The van der Waals surface area contributed by atoms with Crippen molar-refractivity contribution in [2.24, 2.45) is 0 Å². The summed E-state index contributed by atoms with van der Waals surface area (Å²) in [6.45, 7) is 2.01. The summed E-state index contributed by atoms with van der Waals surface area (Å²) >= 11 is 6.58. The second kappa shape index (κ2) is 11.8. The van der Waals surface area contributed by atoms with Gasteiger partial charge in [-0.1, -0.05) is 6.07 Å². The van der Waals surface area contributed by atoms with E-state index in [1.807, 2.05) is 10.3 Å². The molecule has 1 aliphatic rings. The van der Waals surface area contributed by atoms with Crippen LogP contribution < -0.4 is 25.6 Å². The van der Waals surface area contributed by atoms with Crippen molar-refractivity contribution >= 4 is 63.2 Å². The second-order valence-corrected chi connectivity index (χ2v) is 9.17. The summed E-state index contributed by atoms with van der Waals surface area (Å²) in [6.07, 6.45) is 0. The Labute approximate surface area is 221 Å². The number of nitro benzene ring substituents is 1. The smallest absolute Gasteiger partial charge is 0.293 e. The van der Waals surface area contributed by atoms with Gasteiger partial charge in [0.25, 0.3) is 17.5 Å². The van der Waals surface area contributed by atoms with Crippen LogP contribution in [0.2, 0.25) is 0 Å². The highest BCUT2D eigenvalue weighted by Crippen LogP contribution is 2.31. The molecule has 13 heteroatoms. The zero-order valence-corrected chi connectivity index (χ0v) is 21.3. The van der Waals surface area contributed by atoms with E-state index in [-0.39, 0.29) is 22.3 Å². The highest BCUT2D eigenvalue weighted by molar-refractivity contribution is 7.80. The number of anilines is 3. The van der Waals surface area contributed by atoms with E-state index in [0.717, 1.165) is 0 Å². The molecule has 1 aromatic heterocycles. The van der Waals surface area contributed by atoms with Gasteiger partial charge in [-0.15, -0.1) is 11.3 Å². The Morgan fingerprint density at radius 3 is 2.57 bits per heavy atom. The predicted molar refractivity (Wildman–Crippen MR) is 145 cm³/mol. The molecule has 2 amide bonds. The molecule has 11 nitrogen and oxygen atoms in total. The number of thiocarbonyl (C=S) groups is 1. The van der Waals surface area contributed by atoms with Crippen LogP contribution in [-0.2, 0) is 4.74 Å². The van der Waals surface area contributed by atoms with E-state index in [4.69, 9.17) is 21.7 Å². The number of morpholine rings is 1. The molecule has 2 heterocycles. The van der Waals surface area contributed by atoms with Crippen molar-refractivity contribution in [3.63, 3.8) is 0 Å². The first-order valence-electron chi connectivity index (χ1n) is 11.1. The number of rotatable bonds is 7. The number of carbonyl (C=O) groups is 2. The molecular weight excluding hydrogens is 518 g/mol. The average molecular weight is 542 g/mol. The molecule has 3 N–H and O–H groups in total. The van der Waals surface area contributed by atoms with Gasteiger partial charge in [-0.2, -0.15) is 0 Å². The van der Waals surface area contributed by atoms with Gasteiger partial charge in [0.15, 0.2) is 5.11 Å². The molecule has 1 saturated heterocycles. The Balaban J connectivity index is 1.42. The maximum atomic E-state index is 12.8. The number of thiophene rings is 1. The molecule has 4 rings (SSSR count). The fourth-order valence-corrected chi connectivity index (χ4v) is 4.51. The molecule has 0 spiro atoms. The average Bonchev–Trinajstić information content (AvgIpc) is 3.45. The standard InChI is InChI=1S/C24H23N5O6S2/c1-34-20-14-16(5-6-17(20)26-23(31)21-3-2-12-37-21)25-24(36)27-22(30)15-4-7-18(19(13-15)29(32)33)28-8-10-35-11-9-28/h2-7,12-14H,8-11H2,1H3,(H,26,31)(H2,25,27,30,36). The van der Waals surface area contributed by atoms with Crippen LogP contribution in [0.3, 0.4) is 0 Å². The van der Waals surface area contributed by atoms with Crippen LogP contribution in [0.4, 0.5) is 22.7 Å². The highest BCUT2D eigenvalue weighted by Gasteiger charge is 2.23. The van der Waals surface area contributed by atoms with Crippen LogP contribution in [0.5, 0.6) is 5.75 Å². The van der Waals surface area contributed by atoms with Gasteiger partial charge in [0.2, 0.25) is 0 Å². The van der Waals surface area contributed by atoms with Crippen molar-refractivity contribution in [1.82, 2.24) is 5.32 Å². The molecule has 37 heavy (non-hydrogen) atoms. The summed E-state index contributed by atoms with van der Waals surface area (Å²) in [5.41, 5.74) is 1.33. The maximum Gasteiger partial charge on any atom is 0.293 e. The first-order valence-corrected chi connectivity index (χ1v) is 12.4. The third-order valence-corrected chi connectivity index (χ3v) is 6.54. The summed E-state index contributed by atoms with van der Waals surface area (Å²) in [5, 5.41) is 21.7. The maximum absolute atomic E-state index is 12.8. The number of benzene rings is 2. The van der Waals surface area contributed by atoms with Gasteiger partial charge in [0.05, 0.1) is 35.8 Å². The molecule has 0 radical (unpaired) electrons. The van der Waals surface area contributed by atoms with Gasteiger partial charge in [0, 0.05) is 36.5 Å². The first kappa shape index (κ1) is 26.0. The quantitative estimate of drug-likeness (QED) is 0.231. The largest absolute Gasteiger partial charge is 0.494 e. The van der Waals surface area contributed by atoms with Crippen molar-refractivity contribution < 1.29 is 24.0 Å². The minimum atomic E-state index is -0.596. The number of hydrogen-bond donors (Lipinski definition) is 3. The number of amides is 2. The molecule has 0 unspecified atom stereocenters. The van der Waals surface area contributed by atoms with Crippen LogP contribution in [0.25, 0.3) is 0 Å². The Hall–Kier alpha value is -4.07. The normalized spacial score (nSPS) is 12.9. The molecule has 2 aromatic carbocycles. The van der Waals surface area contributed by atoms with Crippen LogP contribution in [-0.4, -0.2) is 55.3 Å². The molecule has 1 aliphatic heterocycles. The van der Waals surface area contributed by atoms with Crippen molar-refractivity contribution in [2.75, 3.05) is 48.9 Å². The molecular formula is C24H23N5O6S2. The minimum absolute atomic E-state index is 0.0117. The lowest BCUT2D eigenvalue weighted by Gasteiger charge is -2.28. The number of nitrogens with zero attached hydrogens (tertiary/aromatic N) is 2. The number of methoxy groups -OCH3 is 1. The summed E-state index contributed by atoms with van der Waals surface area (Å²) < 4.78 is 10.7. The van der Waals surface area contributed by atoms with Crippen LogP contribution >= 0.6 is 23.6 Å². The van der Waals surface area contributed by atoms with E-state index < -0.39 is 10.8 Å². The van der Waals surface area contributed by atoms with Crippen molar-refractivity contribution in [1.29, 1.82) is 0 Å². The Morgan fingerprint density at radius 1 is 1.11 bits per heavy atom. The van der Waals surface area contributed by atoms with Gasteiger partial charge in [0.1, 0.15) is 11.4 Å². The number of carbonyl (C=O) groups excluding carboxylic acids is 2. The predicted octanol–water partition coefficient (Wildman–Crippen LogP) is 3.88. The van der Waals surface area contributed by atoms with Gasteiger partial charge >= 0.3 is 0 Å². The van der Waals surface area contributed by atoms with E-state index in [2.05, 4.69) is 16.0 Å². The lowest BCUT2D eigenvalue weighted by atomic mass is 10.1. The van der Waals surface area contributed by atoms with E-state index in [1.54, 1.807) is 36.4 Å². The van der Waals surface area contributed by atoms with Gasteiger partial charge < -0.3 is 25.0 Å². The van der Waals surface area contributed by atoms with E-state index in [1.165, 1.54) is 30.6 Å². The van der Waals surface area contributed by atoms with E-state index >= 15 is 0 Å². The number of ether oxygens (including phenoxy) is 2. The summed E-state index contributed by atoms with van der Waals surface area (Å²) in [5.74, 6) is -0.468. The lowest BCUT2D eigenvalue weighted by Crippen LogP contribution is -2.37. The summed E-state index contributed by atoms with van der Waals surface area (Å²) in [6, 6.07) is 12.7. The number of nitrogens with one attached hydrogen (secondary N) is 3. The first-order chi connectivity index (χ1) is 17.9. The lowest BCUT2D eigenvalue weighted by molar-refractivity contribution is -0.384. The number of nitro groups is 1. The van der Waals surface area contributed by atoms with Crippen LogP contribution in [0.1, 0.15) is 20.0 Å². The summed E-state index contributed by atoms with van der Waals surface area (Å²) in [7, 11) is 1.47.